The Morgan fingerprint density at radius 3 is 2.10 bits per heavy atom. The van der Waals surface area contributed by atoms with Crippen LogP contribution in [0.4, 0.5) is 0 Å². The molecule has 20 heavy (non-hydrogen) atoms. The lowest BCUT2D eigenvalue weighted by molar-refractivity contribution is -0.136. The summed E-state index contributed by atoms with van der Waals surface area (Å²) < 4.78 is 10.6. The van der Waals surface area contributed by atoms with Gasteiger partial charge in [0, 0.05) is 26.3 Å². The molecule has 0 aromatic carbocycles. The lowest BCUT2D eigenvalue weighted by Gasteiger charge is -2.26. The quantitative estimate of drug-likeness (QED) is 0.199. The summed E-state index contributed by atoms with van der Waals surface area (Å²) in [5.41, 5.74) is 4.84. The second kappa shape index (κ2) is 8.06. The van der Waals surface area contributed by atoms with E-state index in [1.165, 1.54) is 0 Å². The number of hydrogen-bond acceptors (Lipinski definition) is 5. The van der Waals surface area contributed by atoms with Gasteiger partial charge in [-0.15, -0.1) is 0 Å². The average Bonchev–Trinajstić information content (AvgIpc) is 3.26. The minimum absolute atomic E-state index is 0.000296. The number of nitrogens with zero attached hydrogens (tertiary/aromatic N) is 2. The first-order valence-corrected chi connectivity index (χ1v) is 7.05. The molecule has 0 aromatic rings. The monoisotopic (exact) mass is 287 g/mol. The van der Waals surface area contributed by atoms with Gasteiger partial charge in [-0.3, -0.25) is 4.79 Å². The van der Waals surface area contributed by atoms with Crippen LogP contribution in [0.2, 0.25) is 0 Å². The van der Waals surface area contributed by atoms with Gasteiger partial charge in [0.25, 0.3) is 0 Å². The third-order valence-electron chi connectivity index (χ3n) is 3.46. The van der Waals surface area contributed by atoms with Crippen LogP contribution < -0.4 is 5.73 Å². The lowest BCUT2D eigenvalue weighted by Crippen LogP contribution is -2.46. The van der Waals surface area contributed by atoms with E-state index in [-0.39, 0.29) is 11.7 Å². The van der Waals surface area contributed by atoms with Crippen molar-refractivity contribution in [3.63, 3.8) is 0 Å². The van der Waals surface area contributed by atoms with Crippen LogP contribution >= 0.6 is 0 Å². The van der Waals surface area contributed by atoms with E-state index in [4.69, 9.17) is 20.4 Å². The Hall–Kier alpha value is -1.34. The zero-order chi connectivity index (χ0) is 15.0. The van der Waals surface area contributed by atoms with E-state index in [0.29, 0.717) is 52.4 Å². The fourth-order valence-electron chi connectivity index (χ4n) is 2.06. The molecule has 0 saturated heterocycles. The minimum atomic E-state index is -0.812. The summed E-state index contributed by atoms with van der Waals surface area (Å²) in [6, 6.07) is 0. The summed E-state index contributed by atoms with van der Waals surface area (Å²) in [5.74, 6) is -0.104. The van der Waals surface area contributed by atoms with Gasteiger partial charge in [0.15, 0.2) is 5.84 Å². The number of amidine groups is 1. The number of amides is 1. The Labute approximate surface area is 119 Å². The van der Waals surface area contributed by atoms with Crippen molar-refractivity contribution in [1.29, 1.82) is 0 Å². The van der Waals surface area contributed by atoms with E-state index in [0.717, 1.165) is 0 Å². The number of oxime groups is 1. The molecule has 116 valence electrons. The predicted octanol–water partition coefficient (Wildman–Crippen LogP) is 0.415. The fourth-order valence-corrected chi connectivity index (χ4v) is 2.06. The third kappa shape index (κ3) is 4.08. The molecule has 0 spiro atoms. The summed E-state index contributed by atoms with van der Waals surface area (Å²) in [6.45, 7) is 6.95. The SMILES string of the molecule is CCOCCN(CCOCC)C(=O)C1(C(N)=NO)CC1. The Balaban J connectivity index is 2.63. The van der Waals surface area contributed by atoms with Crippen molar-refractivity contribution < 1.29 is 19.5 Å². The van der Waals surface area contributed by atoms with Crippen LogP contribution in [-0.2, 0) is 14.3 Å². The number of nitrogens with two attached hydrogens (primary N) is 1. The molecule has 3 N–H and O–H groups in total. The highest BCUT2D eigenvalue weighted by atomic mass is 16.5. The first kappa shape index (κ1) is 16.7. The van der Waals surface area contributed by atoms with E-state index in [9.17, 15) is 4.79 Å². The van der Waals surface area contributed by atoms with E-state index in [1.807, 2.05) is 13.8 Å². The highest BCUT2D eigenvalue weighted by Crippen LogP contribution is 2.47. The fraction of sp³-hybridized carbons (Fsp3) is 0.846. The Morgan fingerprint density at radius 2 is 1.75 bits per heavy atom. The van der Waals surface area contributed by atoms with Crippen molar-refractivity contribution in [2.45, 2.75) is 26.7 Å². The van der Waals surface area contributed by atoms with E-state index in [2.05, 4.69) is 5.16 Å². The van der Waals surface area contributed by atoms with Gasteiger partial charge in [-0.1, -0.05) is 5.16 Å². The van der Waals surface area contributed by atoms with Crippen LogP contribution in [0, 0.1) is 5.41 Å². The van der Waals surface area contributed by atoms with Gasteiger partial charge in [-0.05, 0) is 26.7 Å². The van der Waals surface area contributed by atoms with Gasteiger partial charge < -0.3 is 25.3 Å². The van der Waals surface area contributed by atoms with Crippen LogP contribution in [-0.4, -0.2) is 61.4 Å². The first-order valence-electron chi connectivity index (χ1n) is 7.05. The molecule has 7 nitrogen and oxygen atoms in total. The second-order valence-corrected chi connectivity index (χ2v) is 4.75. The van der Waals surface area contributed by atoms with Crippen molar-refractivity contribution in [3.05, 3.63) is 0 Å². The Kier molecular flexibility index (Phi) is 6.74. The molecule has 1 amide bonds. The lowest BCUT2D eigenvalue weighted by atomic mass is 10.0. The maximum atomic E-state index is 12.6. The van der Waals surface area contributed by atoms with E-state index >= 15 is 0 Å². The zero-order valence-electron chi connectivity index (χ0n) is 12.3. The Morgan fingerprint density at radius 1 is 1.25 bits per heavy atom. The van der Waals surface area contributed by atoms with Crippen molar-refractivity contribution in [2.24, 2.45) is 16.3 Å². The molecule has 0 unspecified atom stereocenters. The van der Waals surface area contributed by atoms with E-state index in [1.54, 1.807) is 4.90 Å². The molecular formula is C13H25N3O4. The average molecular weight is 287 g/mol. The molecule has 0 aromatic heterocycles. The molecule has 0 aliphatic heterocycles. The van der Waals surface area contributed by atoms with Gasteiger partial charge in [-0.2, -0.15) is 0 Å². The summed E-state index contributed by atoms with van der Waals surface area (Å²) >= 11 is 0. The van der Waals surface area contributed by atoms with Gasteiger partial charge in [0.2, 0.25) is 5.91 Å². The van der Waals surface area contributed by atoms with Crippen molar-refractivity contribution >= 4 is 11.7 Å². The van der Waals surface area contributed by atoms with Gasteiger partial charge >= 0.3 is 0 Å². The molecule has 7 heteroatoms. The summed E-state index contributed by atoms with van der Waals surface area (Å²) in [7, 11) is 0. The maximum Gasteiger partial charge on any atom is 0.236 e. The number of hydrogen-bond donors (Lipinski definition) is 2. The normalized spacial score (nSPS) is 17.0. The number of carbonyl (C=O) groups is 1. The van der Waals surface area contributed by atoms with Crippen LogP contribution in [0.5, 0.6) is 0 Å². The first-order chi connectivity index (χ1) is 9.62. The smallest absolute Gasteiger partial charge is 0.236 e. The molecule has 0 radical (unpaired) electrons. The minimum Gasteiger partial charge on any atom is -0.409 e. The maximum absolute atomic E-state index is 12.6. The molecule has 1 aliphatic rings. The molecular weight excluding hydrogens is 262 g/mol. The van der Waals surface area contributed by atoms with Crippen molar-refractivity contribution in [3.8, 4) is 0 Å². The van der Waals surface area contributed by atoms with Crippen LogP contribution in [0.1, 0.15) is 26.7 Å². The molecule has 0 bridgehead atoms. The van der Waals surface area contributed by atoms with E-state index < -0.39 is 5.41 Å². The molecule has 0 heterocycles. The largest absolute Gasteiger partial charge is 0.409 e. The molecule has 1 saturated carbocycles. The van der Waals surface area contributed by atoms with Gasteiger partial charge in [-0.25, -0.2) is 0 Å². The van der Waals surface area contributed by atoms with Crippen LogP contribution in [0.15, 0.2) is 5.16 Å². The highest BCUT2D eigenvalue weighted by molar-refractivity contribution is 6.09. The highest BCUT2D eigenvalue weighted by Gasteiger charge is 2.55. The third-order valence-corrected chi connectivity index (χ3v) is 3.46. The molecule has 1 rings (SSSR count). The Bertz CT molecular complexity index is 333. The van der Waals surface area contributed by atoms with Crippen LogP contribution in [0.25, 0.3) is 0 Å². The summed E-state index contributed by atoms with van der Waals surface area (Å²) in [4.78, 5) is 14.2. The van der Waals surface area contributed by atoms with Crippen LogP contribution in [0.3, 0.4) is 0 Å². The number of ether oxygens (including phenoxy) is 2. The molecule has 1 aliphatic carbocycles. The predicted molar refractivity (Wildman–Crippen MR) is 74.6 cm³/mol. The van der Waals surface area contributed by atoms with Crippen molar-refractivity contribution in [2.75, 3.05) is 39.5 Å². The van der Waals surface area contributed by atoms with Gasteiger partial charge in [0.05, 0.1) is 13.2 Å². The van der Waals surface area contributed by atoms with Crippen molar-refractivity contribution in [1.82, 2.24) is 4.90 Å². The molecule has 1 fully saturated rings. The number of carbonyl (C=O) groups excluding carboxylic acids is 1. The second-order valence-electron chi connectivity index (χ2n) is 4.75. The topological polar surface area (TPSA) is 97.4 Å². The number of rotatable bonds is 10. The van der Waals surface area contributed by atoms with Gasteiger partial charge in [0.1, 0.15) is 5.41 Å². The standard InChI is InChI=1S/C13H25N3O4/c1-3-19-9-7-16(8-10-20-4-2)12(17)13(5-6-13)11(14)15-18/h18H,3-10H2,1-2H3,(H2,14,15). The molecule has 0 atom stereocenters. The summed E-state index contributed by atoms with van der Waals surface area (Å²) in [5, 5.41) is 11.8. The summed E-state index contributed by atoms with van der Waals surface area (Å²) in [6.07, 6.45) is 1.25. The zero-order valence-corrected chi connectivity index (χ0v) is 12.3.